The molecule has 0 aromatic heterocycles. The van der Waals surface area contributed by atoms with Crippen molar-refractivity contribution in [2.45, 2.75) is 76.9 Å². The molecule has 2 rings (SSSR count). The molecule has 1 heteroatoms. The fourth-order valence-electron chi connectivity index (χ4n) is 2.84. The minimum Gasteiger partial charge on any atom is -0.369 e. The summed E-state index contributed by atoms with van der Waals surface area (Å²) in [5.74, 6) is 0.936. The zero-order valence-corrected chi connectivity index (χ0v) is 9.50. The van der Waals surface area contributed by atoms with Gasteiger partial charge < -0.3 is 4.74 Å². The van der Waals surface area contributed by atoms with Crippen LogP contribution in [0.5, 0.6) is 0 Å². The van der Waals surface area contributed by atoms with Gasteiger partial charge in [-0.1, -0.05) is 45.4 Å². The molecule has 1 nitrogen and oxygen atoms in total. The number of fused-ring (bicyclic) bond motifs is 1. The molecule has 1 saturated heterocycles. The van der Waals surface area contributed by atoms with Crippen molar-refractivity contribution in [1.82, 2.24) is 0 Å². The molecular weight excluding hydrogens is 172 g/mol. The quantitative estimate of drug-likeness (QED) is 0.444. The van der Waals surface area contributed by atoms with Gasteiger partial charge in [0.15, 0.2) is 0 Å². The van der Waals surface area contributed by atoms with Gasteiger partial charge in [-0.2, -0.15) is 0 Å². The fourth-order valence-corrected chi connectivity index (χ4v) is 2.84. The first-order chi connectivity index (χ1) is 6.92. The van der Waals surface area contributed by atoms with Gasteiger partial charge in [-0.15, -0.1) is 0 Å². The molecule has 0 aromatic carbocycles. The number of unbranched alkanes of at least 4 members (excludes halogenated alkanes) is 5. The monoisotopic (exact) mass is 196 g/mol. The summed E-state index contributed by atoms with van der Waals surface area (Å²) in [5, 5.41) is 0. The highest BCUT2D eigenvalue weighted by atomic mass is 16.6. The third-order valence-corrected chi connectivity index (χ3v) is 3.84. The Labute approximate surface area is 88.2 Å². The summed E-state index contributed by atoms with van der Waals surface area (Å²) in [5.41, 5.74) is 0. The van der Waals surface area contributed by atoms with Crippen LogP contribution >= 0.6 is 0 Å². The summed E-state index contributed by atoms with van der Waals surface area (Å²) in [7, 11) is 0. The maximum Gasteiger partial charge on any atom is 0.0869 e. The van der Waals surface area contributed by atoms with E-state index in [2.05, 4.69) is 6.92 Å². The Bertz CT molecular complexity index is 167. The van der Waals surface area contributed by atoms with Crippen LogP contribution < -0.4 is 0 Å². The molecular formula is C13H24O. The number of hydrogen-bond donors (Lipinski definition) is 0. The van der Waals surface area contributed by atoms with E-state index in [9.17, 15) is 0 Å². The summed E-state index contributed by atoms with van der Waals surface area (Å²) in [6, 6.07) is 0. The molecule has 0 unspecified atom stereocenters. The lowest BCUT2D eigenvalue weighted by atomic mass is 9.98. The second-order valence-electron chi connectivity index (χ2n) is 5.03. The minimum atomic E-state index is 0.695. The van der Waals surface area contributed by atoms with E-state index in [0.717, 1.165) is 5.92 Å². The molecule has 0 amide bonds. The van der Waals surface area contributed by atoms with Crippen molar-refractivity contribution in [3.63, 3.8) is 0 Å². The molecule has 0 spiro atoms. The third kappa shape index (κ3) is 2.73. The maximum absolute atomic E-state index is 5.56. The molecule has 1 aliphatic carbocycles. The minimum absolute atomic E-state index is 0.695. The van der Waals surface area contributed by atoms with E-state index in [1.807, 2.05) is 0 Å². The van der Waals surface area contributed by atoms with Gasteiger partial charge in [-0.05, 0) is 25.2 Å². The van der Waals surface area contributed by atoms with Crippen molar-refractivity contribution in [1.29, 1.82) is 0 Å². The van der Waals surface area contributed by atoms with Crippen LogP contribution in [0.2, 0.25) is 0 Å². The van der Waals surface area contributed by atoms with E-state index in [4.69, 9.17) is 4.74 Å². The Morgan fingerprint density at radius 2 is 1.79 bits per heavy atom. The van der Waals surface area contributed by atoms with E-state index in [1.54, 1.807) is 0 Å². The Morgan fingerprint density at radius 1 is 1.00 bits per heavy atom. The fraction of sp³-hybridized carbons (Fsp3) is 1.00. The predicted octanol–water partition coefficient (Wildman–Crippen LogP) is 3.91. The molecule has 1 aliphatic heterocycles. The Hall–Kier alpha value is -0.0400. The van der Waals surface area contributed by atoms with Crippen molar-refractivity contribution >= 4 is 0 Å². The van der Waals surface area contributed by atoms with Crippen LogP contribution in [0.3, 0.4) is 0 Å². The number of rotatable bonds is 7. The van der Waals surface area contributed by atoms with Gasteiger partial charge in [-0.25, -0.2) is 0 Å². The zero-order valence-electron chi connectivity index (χ0n) is 9.50. The number of ether oxygens (including phenoxy) is 1. The van der Waals surface area contributed by atoms with Crippen LogP contribution in [0.4, 0.5) is 0 Å². The smallest absolute Gasteiger partial charge is 0.0869 e. The second kappa shape index (κ2) is 5.16. The topological polar surface area (TPSA) is 12.5 Å². The van der Waals surface area contributed by atoms with E-state index in [1.165, 1.54) is 57.8 Å². The highest BCUT2D eigenvalue weighted by Gasteiger charge is 2.49. The molecule has 0 aromatic rings. The normalized spacial score (nSPS) is 34.5. The summed E-state index contributed by atoms with van der Waals surface area (Å²) in [4.78, 5) is 0. The summed E-state index contributed by atoms with van der Waals surface area (Å²) < 4.78 is 5.56. The first-order valence-electron chi connectivity index (χ1n) is 6.57. The second-order valence-corrected chi connectivity index (χ2v) is 5.03. The maximum atomic E-state index is 5.56. The predicted molar refractivity (Wildman–Crippen MR) is 59.4 cm³/mol. The molecule has 0 bridgehead atoms. The Kier molecular flexibility index (Phi) is 3.86. The standard InChI is InChI=1S/C13H24O/c1-2-3-4-5-6-7-8-11-9-10-12-13(11)14-12/h11-13H,2-10H2,1H3/t11-,12+,13-/m0/s1. The Morgan fingerprint density at radius 3 is 2.43 bits per heavy atom. The molecule has 2 fully saturated rings. The number of epoxide rings is 1. The third-order valence-electron chi connectivity index (χ3n) is 3.84. The lowest BCUT2D eigenvalue weighted by Gasteiger charge is -2.09. The van der Waals surface area contributed by atoms with Crippen molar-refractivity contribution in [2.75, 3.05) is 0 Å². The number of hydrogen-bond acceptors (Lipinski definition) is 1. The molecule has 82 valence electrons. The molecule has 0 N–H and O–H groups in total. The summed E-state index contributed by atoms with van der Waals surface area (Å²) >= 11 is 0. The van der Waals surface area contributed by atoms with Crippen LogP contribution in [0, 0.1) is 5.92 Å². The molecule has 3 atom stereocenters. The highest BCUT2D eigenvalue weighted by molar-refractivity contribution is 4.97. The average molecular weight is 196 g/mol. The lowest BCUT2D eigenvalue weighted by molar-refractivity contribution is 0.253. The van der Waals surface area contributed by atoms with E-state index < -0.39 is 0 Å². The van der Waals surface area contributed by atoms with Gasteiger partial charge >= 0.3 is 0 Å². The van der Waals surface area contributed by atoms with Gasteiger partial charge in [0, 0.05) is 0 Å². The molecule has 14 heavy (non-hydrogen) atoms. The van der Waals surface area contributed by atoms with Crippen molar-refractivity contribution in [3.05, 3.63) is 0 Å². The highest BCUT2D eigenvalue weighted by Crippen LogP contribution is 2.45. The van der Waals surface area contributed by atoms with Crippen LogP contribution in [-0.2, 0) is 4.74 Å². The van der Waals surface area contributed by atoms with Crippen LogP contribution in [0.25, 0.3) is 0 Å². The molecule has 0 radical (unpaired) electrons. The van der Waals surface area contributed by atoms with Gasteiger partial charge in [0.1, 0.15) is 0 Å². The van der Waals surface area contributed by atoms with Gasteiger partial charge in [0.25, 0.3) is 0 Å². The van der Waals surface area contributed by atoms with Crippen molar-refractivity contribution in [2.24, 2.45) is 5.92 Å². The summed E-state index contributed by atoms with van der Waals surface area (Å²) in [6.07, 6.45) is 14.2. The van der Waals surface area contributed by atoms with E-state index in [-0.39, 0.29) is 0 Å². The van der Waals surface area contributed by atoms with Gasteiger partial charge in [0.2, 0.25) is 0 Å². The lowest BCUT2D eigenvalue weighted by Crippen LogP contribution is -2.03. The zero-order chi connectivity index (χ0) is 9.80. The van der Waals surface area contributed by atoms with Crippen molar-refractivity contribution < 1.29 is 4.74 Å². The van der Waals surface area contributed by atoms with Gasteiger partial charge in [0.05, 0.1) is 12.2 Å². The van der Waals surface area contributed by atoms with Crippen molar-refractivity contribution in [3.8, 4) is 0 Å². The largest absolute Gasteiger partial charge is 0.369 e. The molecule has 2 aliphatic rings. The first-order valence-corrected chi connectivity index (χ1v) is 6.57. The van der Waals surface area contributed by atoms with Crippen LogP contribution in [0.15, 0.2) is 0 Å². The van der Waals surface area contributed by atoms with Crippen LogP contribution in [0.1, 0.15) is 64.7 Å². The van der Waals surface area contributed by atoms with Gasteiger partial charge in [-0.3, -0.25) is 0 Å². The average Bonchev–Trinajstić information content (AvgIpc) is 2.88. The molecule has 1 saturated carbocycles. The SMILES string of the molecule is CCCCCCCC[C@H]1CC[C@H]2O[C@@H]12. The van der Waals surface area contributed by atoms with E-state index >= 15 is 0 Å². The Balaban J connectivity index is 1.43. The molecule has 1 heterocycles. The first kappa shape index (κ1) is 10.5. The van der Waals surface area contributed by atoms with Crippen LogP contribution in [-0.4, -0.2) is 12.2 Å². The van der Waals surface area contributed by atoms with E-state index in [0.29, 0.717) is 12.2 Å². The summed E-state index contributed by atoms with van der Waals surface area (Å²) in [6.45, 7) is 2.28.